The standard InChI is InChI=1S/C26H30N2O7/c1-28-25(33)19-11-16(12-29)23(20(14-31)24(19)26(28)34)22(32)8-5-15(21-4-2-3-9-27-21)10-17-6-7-18(13-30)35-17/h2-4,6-7,9-10,19-20,22,24,29-32H,5,8,11-14H2,1H3/b15-10-/t19-,20+,22-,24-/m1/s1. The molecule has 9 nitrogen and oxygen atoms in total. The number of hydrogen-bond donors (Lipinski definition) is 4. The van der Waals surface area contributed by atoms with Gasteiger partial charge in [-0.2, -0.15) is 0 Å². The summed E-state index contributed by atoms with van der Waals surface area (Å²) in [4.78, 5) is 30.8. The molecule has 1 aliphatic carbocycles. The van der Waals surface area contributed by atoms with Gasteiger partial charge in [-0.25, -0.2) is 0 Å². The lowest BCUT2D eigenvalue weighted by molar-refractivity contribution is -0.138. The molecule has 4 N–H and O–H groups in total. The van der Waals surface area contributed by atoms with Crippen LogP contribution in [0.4, 0.5) is 0 Å². The Morgan fingerprint density at radius 1 is 1.17 bits per heavy atom. The highest BCUT2D eigenvalue weighted by Crippen LogP contribution is 2.45. The van der Waals surface area contributed by atoms with Crippen molar-refractivity contribution in [2.45, 2.75) is 32.0 Å². The molecule has 3 heterocycles. The fourth-order valence-corrected chi connectivity index (χ4v) is 5.27. The van der Waals surface area contributed by atoms with Crippen LogP contribution in [-0.4, -0.2) is 68.5 Å². The zero-order valence-corrected chi connectivity index (χ0v) is 19.5. The van der Waals surface area contributed by atoms with Crippen molar-refractivity contribution in [3.63, 3.8) is 0 Å². The molecule has 35 heavy (non-hydrogen) atoms. The number of likely N-dealkylation sites (tertiary alicyclic amines) is 1. The molecule has 0 saturated carbocycles. The largest absolute Gasteiger partial charge is 0.459 e. The molecule has 0 aromatic carbocycles. The fourth-order valence-electron chi connectivity index (χ4n) is 5.27. The minimum absolute atomic E-state index is 0.179. The first kappa shape index (κ1) is 25.0. The van der Waals surface area contributed by atoms with Crippen LogP contribution in [0.25, 0.3) is 11.6 Å². The van der Waals surface area contributed by atoms with Crippen LogP contribution in [0.3, 0.4) is 0 Å². The van der Waals surface area contributed by atoms with E-state index in [0.717, 1.165) is 10.5 Å². The van der Waals surface area contributed by atoms with Crippen LogP contribution in [0.5, 0.6) is 0 Å². The smallest absolute Gasteiger partial charge is 0.233 e. The summed E-state index contributed by atoms with van der Waals surface area (Å²) in [5, 5.41) is 40.7. The maximum atomic E-state index is 12.7. The SMILES string of the molecule is CN1C(=O)[C@@H]2[C@@H](CC(CO)=C([C@H](O)CC/C(=C/c3ccc(CO)o3)c3ccccn3)[C@@H]2CO)C1=O. The van der Waals surface area contributed by atoms with Gasteiger partial charge in [0.25, 0.3) is 0 Å². The number of aliphatic hydroxyl groups excluding tert-OH is 4. The second kappa shape index (κ2) is 10.7. The number of amides is 2. The number of allylic oxidation sites excluding steroid dienone is 1. The highest BCUT2D eigenvalue weighted by molar-refractivity contribution is 6.05. The Kier molecular flexibility index (Phi) is 7.61. The molecule has 1 saturated heterocycles. The molecule has 9 heteroatoms. The monoisotopic (exact) mass is 482 g/mol. The van der Waals surface area contributed by atoms with Crippen LogP contribution in [0, 0.1) is 17.8 Å². The second-order valence-corrected chi connectivity index (χ2v) is 8.98. The zero-order valence-electron chi connectivity index (χ0n) is 19.5. The van der Waals surface area contributed by atoms with Crippen molar-refractivity contribution in [2.75, 3.05) is 20.3 Å². The van der Waals surface area contributed by atoms with E-state index in [1.165, 1.54) is 7.05 Å². The third-order valence-corrected chi connectivity index (χ3v) is 6.99. The Morgan fingerprint density at radius 3 is 2.60 bits per heavy atom. The number of carbonyl (C=O) groups excluding carboxylic acids is 2. The number of rotatable bonds is 9. The summed E-state index contributed by atoms with van der Waals surface area (Å²) in [6.45, 7) is -0.996. The highest BCUT2D eigenvalue weighted by atomic mass is 16.4. The van der Waals surface area contributed by atoms with E-state index in [1.54, 1.807) is 30.5 Å². The van der Waals surface area contributed by atoms with Gasteiger partial charge in [0.15, 0.2) is 0 Å². The van der Waals surface area contributed by atoms with Crippen molar-refractivity contribution < 1.29 is 34.4 Å². The summed E-state index contributed by atoms with van der Waals surface area (Å²) >= 11 is 0. The van der Waals surface area contributed by atoms with E-state index in [-0.39, 0.29) is 37.9 Å². The van der Waals surface area contributed by atoms with Crippen LogP contribution in [0.2, 0.25) is 0 Å². The minimum atomic E-state index is -1.04. The topological polar surface area (TPSA) is 144 Å². The summed E-state index contributed by atoms with van der Waals surface area (Å²) in [6.07, 6.45) is 3.22. The summed E-state index contributed by atoms with van der Waals surface area (Å²) in [7, 11) is 1.42. The minimum Gasteiger partial charge on any atom is -0.459 e. The van der Waals surface area contributed by atoms with Crippen molar-refractivity contribution in [2.24, 2.45) is 17.8 Å². The van der Waals surface area contributed by atoms with Crippen molar-refractivity contribution in [1.82, 2.24) is 9.88 Å². The first-order chi connectivity index (χ1) is 16.9. The van der Waals surface area contributed by atoms with E-state index in [1.807, 2.05) is 12.1 Å². The number of carbonyl (C=O) groups is 2. The van der Waals surface area contributed by atoms with Gasteiger partial charge in [0.2, 0.25) is 11.8 Å². The number of aromatic nitrogens is 1. The molecular weight excluding hydrogens is 452 g/mol. The zero-order chi connectivity index (χ0) is 25.1. The van der Waals surface area contributed by atoms with Crippen LogP contribution < -0.4 is 0 Å². The van der Waals surface area contributed by atoms with E-state index >= 15 is 0 Å². The summed E-state index contributed by atoms with van der Waals surface area (Å²) in [5.41, 5.74) is 2.42. The number of hydrogen-bond acceptors (Lipinski definition) is 8. The lowest BCUT2D eigenvalue weighted by Gasteiger charge is -2.36. The van der Waals surface area contributed by atoms with Crippen molar-refractivity contribution in [1.29, 1.82) is 0 Å². The van der Waals surface area contributed by atoms with Gasteiger partial charge in [0.1, 0.15) is 18.1 Å². The Hall–Kier alpha value is -3.11. The van der Waals surface area contributed by atoms with Crippen molar-refractivity contribution in [3.8, 4) is 0 Å². The molecule has 0 bridgehead atoms. The number of imide groups is 1. The molecule has 0 radical (unpaired) electrons. The van der Waals surface area contributed by atoms with Crippen molar-refractivity contribution >= 4 is 23.5 Å². The summed E-state index contributed by atoms with van der Waals surface area (Å²) in [6, 6.07) is 8.90. The third kappa shape index (κ3) is 4.85. The van der Waals surface area contributed by atoms with Crippen LogP contribution in [0.1, 0.15) is 36.5 Å². The highest BCUT2D eigenvalue weighted by Gasteiger charge is 2.53. The lowest BCUT2D eigenvalue weighted by atomic mass is 9.68. The number of pyridine rings is 1. The maximum Gasteiger partial charge on any atom is 0.233 e. The Balaban J connectivity index is 1.61. The second-order valence-electron chi connectivity index (χ2n) is 8.98. The normalized spacial score (nSPS) is 23.7. The fraction of sp³-hybridized carbons (Fsp3) is 0.423. The summed E-state index contributed by atoms with van der Waals surface area (Å²) < 4.78 is 5.59. The average Bonchev–Trinajstić information content (AvgIpc) is 3.43. The molecule has 2 amide bonds. The Bertz CT molecular complexity index is 1140. The molecule has 2 aromatic heterocycles. The first-order valence-electron chi connectivity index (χ1n) is 11.6. The molecule has 186 valence electrons. The van der Waals surface area contributed by atoms with E-state index in [4.69, 9.17) is 4.42 Å². The molecule has 4 atom stereocenters. The molecule has 2 aromatic rings. The molecule has 1 aliphatic heterocycles. The van der Waals surface area contributed by atoms with Gasteiger partial charge in [-0.3, -0.25) is 19.5 Å². The van der Waals surface area contributed by atoms with E-state index < -0.39 is 30.5 Å². The average molecular weight is 483 g/mol. The predicted octanol–water partition coefficient (Wildman–Crippen LogP) is 1.38. The van der Waals surface area contributed by atoms with E-state index in [9.17, 15) is 30.0 Å². The van der Waals surface area contributed by atoms with Gasteiger partial charge in [-0.15, -0.1) is 0 Å². The molecule has 0 unspecified atom stereocenters. The molecule has 2 aliphatic rings. The van der Waals surface area contributed by atoms with E-state index in [2.05, 4.69) is 4.98 Å². The van der Waals surface area contributed by atoms with Gasteiger partial charge in [0, 0.05) is 19.2 Å². The Labute approximate surface area is 203 Å². The van der Waals surface area contributed by atoms with Gasteiger partial charge in [0.05, 0.1) is 36.8 Å². The quantitative estimate of drug-likeness (QED) is 0.310. The van der Waals surface area contributed by atoms with Crippen LogP contribution in [-0.2, 0) is 16.2 Å². The van der Waals surface area contributed by atoms with Gasteiger partial charge in [-0.1, -0.05) is 6.07 Å². The van der Waals surface area contributed by atoms with Gasteiger partial charge >= 0.3 is 0 Å². The number of nitrogens with zero attached hydrogens (tertiary/aromatic N) is 2. The third-order valence-electron chi connectivity index (χ3n) is 6.99. The van der Waals surface area contributed by atoms with Gasteiger partial charge in [-0.05, 0) is 66.3 Å². The molecule has 0 spiro atoms. The molecule has 4 rings (SSSR count). The molecular formula is C26H30N2O7. The van der Waals surface area contributed by atoms with Crippen LogP contribution in [0.15, 0.2) is 52.1 Å². The van der Waals surface area contributed by atoms with Crippen LogP contribution >= 0.6 is 0 Å². The van der Waals surface area contributed by atoms with E-state index in [0.29, 0.717) is 34.8 Å². The number of furan rings is 1. The van der Waals surface area contributed by atoms with Crippen molar-refractivity contribution in [3.05, 3.63) is 64.9 Å². The first-order valence-corrected chi connectivity index (χ1v) is 11.6. The predicted molar refractivity (Wildman–Crippen MR) is 126 cm³/mol. The number of aliphatic hydroxyl groups is 4. The summed E-state index contributed by atoms with van der Waals surface area (Å²) in [5.74, 6) is -1.85. The Morgan fingerprint density at radius 2 is 1.97 bits per heavy atom. The van der Waals surface area contributed by atoms with Gasteiger partial charge < -0.3 is 24.8 Å². The number of fused-ring (bicyclic) bond motifs is 1. The lowest BCUT2D eigenvalue weighted by Crippen LogP contribution is -2.39. The molecule has 1 fully saturated rings. The maximum absolute atomic E-state index is 12.7.